The van der Waals surface area contributed by atoms with Crippen LogP contribution in [0.2, 0.25) is 0 Å². The minimum absolute atomic E-state index is 0.00576. The van der Waals surface area contributed by atoms with E-state index in [0.29, 0.717) is 38.5 Å². The third-order valence-electron chi connectivity index (χ3n) is 4.51. The summed E-state index contributed by atoms with van der Waals surface area (Å²) in [4.78, 5) is 26.5. The van der Waals surface area contributed by atoms with E-state index in [1.807, 2.05) is 6.92 Å². The van der Waals surface area contributed by atoms with E-state index in [0.717, 1.165) is 12.8 Å². The van der Waals surface area contributed by atoms with Crippen LogP contribution in [0.15, 0.2) is 0 Å². The highest BCUT2D eigenvalue weighted by Crippen LogP contribution is 2.24. The summed E-state index contributed by atoms with van der Waals surface area (Å²) in [5, 5.41) is 18.5. The summed E-state index contributed by atoms with van der Waals surface area (Å²) in [6, 6.07) is -0.00576. The first kappa shape index (κ1) is 15.1. The monoisotopic (exact) mass is 284 g/mol. The lowest BCUT2D eigenvalue weighted by atomic mass is 9.96. The number of aliphatic hydroxyl groups excluding tert-OH is 1. The predicted octanol–water partition coefficient (Wildman–Crippen LogP) is 0.996. The molecule has 2 amide bonds. The number of carboxylic acid groups (broad SMARTS) is 1. The molecule has 0 saturated carbocycles. The standard InChI is InChI=1S/C14H24N2O4/c1-10-4-6-16(9-12(10)17)14(20)15-7-5-11(8-15)2-3-13(18)19/h10-12,17H,2-9H2,1H3,(H,18,19). The highest BCUT2D eigenvalue weighted by atomic mass is 16.4. The SMILES string of the molecule is CC1CCN(C(=O)N2CCC(CCC(=O)O)C2)CC1O. The molecule has 2 heterocycles. The van der Waals surface area contributed by atoms with E-state index in [1.165, 1.54) is 0 Å². The zero-order chi connectivity index (χ0) is 14.7. The van der Waals surface area contributed by atoms with Crippen LogP contribution in [-0.2, 0) is 4.79 Å². The fourth-order valence-corrected chi connectivity index (χ4v) is 2.99. The van der Waals surface area contributed by atoms with Crippen molar-refractivity contribution in [3.05, 3.63) is 0 Å². The lowest BCUT2D eigenvalue weighted by Gasteiger charge is -2.36. The van der Waals surface area contributed by atoms with Crippen molar-refractivity contribution in [3.63, 3.8) is 0 Å². The molecule has 0 bridgehead atoms. The molecule has 3 unspecified atom stereocenters. The number of nitrogens with zero attached hydrogens (tertiary/aromatic N) is 2. The summed E-state index contributed by atoms with van der Waals surface area (Å²) in [6.07, 6.45) is 2.10. The Morgan fingerprint density at radius 3 is 2.45 bits per heavy atom. The van der Waals surface area contributed by atoms with Crippen LogP contribution in [0.25, 0.3) is 0 Å². The molecular weight excluding hydrogens is 260 g/mol. The van der Waals surface area contributed by atoms with Crippen molar-refractivity contribution in [2.75, 3.05) is 26.2 Å². The average Bonchev–Trinajstić information content (AvgIpc) is 2.87. The second kappa shape index (κ2) is 6.43. The van der Waals surface area contributed by atoms with E-state index in [4.69, 9.17) is 5.11 Å². The third kappa shape index (κ3) is 3.62. The van der Waals surface area contributed by atoms with Gasteiger partial charge in [-0.2, -0.15) is 0 Å². The number of carbonyl (C=O) groups is 2. The predicted molar refractivity (Wildman–Crippen MR) is 73.3 cm³/mol. The second-order valence-corrected chi connectivity index (χ2v) is 6.10. The lowest BCUT2D eigenvalue weighted by molar-refractivity contribution is -0.137. The number of urea groups is 1. The van der Waals surface area contributed by atoms with Crippen LogP contribution in [0.1, 0.15) is 32.6 Å². The first-order valence-electron chi connectivity index (χ1n) is 7.41. The van der Waals surface area contributed by atoms with Gasteiger partial charge in [0.1, 0.15) is 0 Å². The molecule has 2 fully saturated rings. The maximum absolute atomic E-state index is 12.4. The minimum Gasteiger partial charge on any atom is -0.481 e. The summed E-state index contributed by atoms with van der Waals surface area (Å²) in [5.41, 5.74) is 0. The number of β-amino-alcohol motifs (C(OH)–C–C–N with tert-alkyl or cyclic N) is 1. The van der Waals surface area contributed by atoms with Gasteiger partial charge in [0.2, 0.25) is 0 Å². The van der Waals surface area contributed by atoms with Crippen molar-refractivity contribution in [1.29, 1.82) is 0 Å². The topological polar surface area (TPSA) is 81.1 Å². The Kier molecular flexibility index (Phi) is 4.86. The Bertz CT molecular complexity index is 374. The van der Waals surface area contributed by atoms with Crippen LogP contribution in [0.4, 0.5) is 4.79 Å². The van der Waals surface area contributed by atoms with E-state index in [1.54, 1.807) is 9.80 Å². The van der Waals surface area contributed by atoms with Gasteiger partial charge in [0.05, 0.1) is 6.10 Å². The average molecular weight is 284 g/mol. The van der Waals surface area contributed by atoms with Gasteiger partial charge in [-0.05, 0) is 31.1 Å². The van der Waals surface area contributed by atoms with Crippen molar-refractivity contribution in [3.8, 4) is 0 Å². The number of aliphatic hydroxyl groups is 1. The van der Waals surface area contributed by atoms with E-state index in [2.05, 4.69) is 0 Å². The van der Waals surface area contributed by atoms with Crippen molar-refractivity contribution in [2.24, 2.45) is 11.8 Å². The maximum atomic E-state index is 12.4. The van der Waals surface area contributed by atoms with Crippen LogP contribution in [-0.4, -0.2) is 64.3 Å². The highest BCUT2D eigenvalue weighted by Gasteiger charge is 2.33. The van der Waals surface area contributed by atoms with Gasteiger partial charge in [-0.15, -0.1) is 0 Å². The Balaban J connectivity index is 1.80. The van der Waals surface area contributed by atoms with E-state index < -0.39 is 12.1 Å². The number of piperidine rings is 1. The smallest absolute Gasteiger partial charge is 0.320 e. The highest BCUT2D eigenvalue weighted by molar-refractivity contribution is 5.75. The molecular formula is C14H24N2O4. The summed E-state index contributed by atoms with van der Waals surface area (Å²) >= 11 is 0. The molecule has 2 saturated heterocycles. The maximum Gasteiger partial charge on any atom is 0.320 e. The molecule has 0 aliphatic carbocycles. The molecule has 0 radical (unpaired) electrons. The van der Waals surface area contributed by atoms with Crippen molar-refractivity contribution in [2.45, 2.75) is 38.7 Å². The molecule has 0 spiro atoms. The number of carbonyl (C=O) groups excluding carboxylic acids is 1. The van der Waals surface area contributed by atoms with Gasteiger partial charge >= 0.3 is 12.0 Å². The quantitative estimate of drug-likeness (QED) is 0.810. The molecule has 3 atom stereocenters. The van der Waals surface area contributed by atoms with Crippen LogP contribution < -0.4 is 0 Å². The first-order chi connectivity index (χ1) is 9.47. The Labute approximate surface area is 119 Å². The summed E-state index contributed by atoms with van der Waals surface area (Å²) in [6.45, 7) is 4.47. The molecule has 6 nitrogen and oxygen atoms in total. The van der Waals surface area contributed by atoms with Crippen LogP contribution in [0, 0.1) is 11.8 Å². The summed E-state index contributed by atoms with van der Waals surface area (Å²) in [5.74, 6) is -0.229. The van der Waals surface area contributed by atoms with Crippen LogP contribution in [0.5, 0.6) is 0 Å². The molecule has 6 heteroatoms. The van der Waals surface area contributed by atoms with Gasteiger partial charge in [0.25, 0.3) is 0 Å². The Hall–Kier alpha value is -1.30. The number of likely N-dealkylation sites (tertiary alicyclic amines) is 2. The molecule has 0 aromatic rings. The van der Waals surface area contributed by atoms with Gasteiger partial charge < -0.3 is 20.0 Å². The normalized spacial score (nSPS) is 30.6. The van der Waals surface area contributed by atoms with Crippen LogP contribution >= 0.6 is 0 Å². The van der Waals surface area contributed by atoms with Gasteiger partial charge in [-0.25, -0.2) is 4.79 Å². The lowest BCUT2D eigenvalue weighted by Crippen LogP contribution is -2.50. The molecule has 0 aromatic heterocycles. The molecule has 2 aliphatic heterocycles. The first-order valence-corrected chi connectivity index (χ1v) is 7.41. The number of hydrogen-bond donors (Lipinski definition) is 2. The molecule has 2 aliphatic rings. The van der Waals surface area contributed by atoms with Crippen molar-refractivity contribution >= 4 is 12.0 Å². The number of hydrogen-bond acceptors (Lipinski definition) is 3. The number of amides is 2. The molecule has 0 aromatic carbocycles. The molecule has 2 rings (SSSR count). The number of aliphatic carboxylic acids is 1. The number of rotatable bonds is 3. The van der Waals surface area contributed by atoms with Crippen molar-refractivity contribution in [1.82, 2.24) is 9.80 Å². The van der Waals surface area contributed by atoms with Gasteiger partial charge in [-0.1, -0.05) is 6.92 Å². The number of carboxylic acids is 1. The molecule has 2 N–H and O–H groups in total. The van der Waals surface area contributed by atoms with E-state index in [9.17, 15) is 14.7 Å². The Morgan fingerprint density at radius 1 is 1.15 bits per heavy atom. The van der Waals surface area contributed by atoms with E-state index >= 15 is 0 Å². The van der Waals surface area contributed by atoms with Gasteiger partial charge in [0.15, 0.2) is 0 Å². The summed E-state index contributed by atoms with van der Waals surface area (Å²) in [7, 11) is 0. The van der Waals surface area contributed by atoms with Crippen molar-refractivity contribution < 1.29 is 19.8 Å². The molecule has 114 valence electrons. The van der Waals surface area contributed by atoms with Gasteiger partial charge in [0, 0.05) is 32.6 Å². The fourth-order valence-electron chi connectivity index (χ4n) is 2.99. The van der Waals surface area contributed by atoms with Crippen LogP contribution in [0.3, 0.4) is 0 Å². The minimum atomic E-state index is -0.775. The second-order valence-electron chi connectivity index (χ2n) is 6.10. The Morgan fingerprint density at radius 2 is 1.80 bits per heavy atom. The zero-order valence-corrected chi connectivity index (χ0v) is 12.0. The molecule has 20 heavy (non-hydrogen) atoms. The summed E-state index contributed by atoms with van der Waals surface area (Å²) < 4.78 is 0. The zero-order valence-electron chi connectivity index (χ0n) is 12.0. The van der Waals surface area contributed by atoms with Gasteiger partial charge in [-0.3, -0.25) is 4.79 Å². The largest absolute Gasteiger partial charge is 0.481 e. The van der Waals surface area contributed by atoms with E-state index in [-0.39, 0.29) is 18.4 Å². The fraction of sp³-hybridized carbons (Fsp3) is 0.857. The third-order valence-corrected chi connectivity index (χ3v) is 4.51.